The van der Waals surface area contributed by atoms with Gasteiger partial charge in [-0.15, -0.1) is 6.58 Å². The first-order valence-corrected chi connectivity index (χ1v) is 5.83. The van der Waals surface area contributed by atoms with Gasteiger partial charge in [0, 0.05) is 0 Å². The largest absolute Gasteiger partial charge is 0.223 e. The Morgan fingerprint density at radius 1 is 1.21 bits per heavy atom. The molecule has 0 atom stereocenters. The molecule has 0 amide bonds. The summed E-state index contributed by atoms with van der Waals surface area (Å²) in [5, 5.41) is 0. The Morgan fingerprint density at radius 2 is 1.71 bits per heavy atom. The minimum atomic E-state index is -3.31. The van der Waals surface area contributed by atoms with E-state index in [2.05, 4.69) is 6.58 Å². The lowest BCUT2D eigenvalue weighted by atomic mass is 10.2. The molecular weight excluding hydrogens is 196 g/mol. The first kappa shape index (κ1) is 11.0. The van der Waals surface area contributed by atoms with Gasteiger partial charge in [-0.3, -0.25) is 0 Å². The summed E-state index contributed by atoms with van der Waals surface area (Å²) in [6, 6.07) is 8.42. The maximum absolute atomic E-state index is 12.0. The van der Waals surface area contributed by atoms with Crippen molar-refractivity contribution in [3.8, 4) is 0 Å². The van der Waals surface area contributed by atoms with Gasteiger partial charge in [0.05, 0.1) is 9.64 Å². The number of hydrogen-bond acceptors (Lipinski definition) is 2. The van der Waals surface area contributed by atoms with E-state index in [1.54, 1.807) is 44.2 Å². The van der Waals surface area contributed by atoms with E-state index in [1.807, 2.05) is 0 Å². The van der Waals surface area contributed by atoms with E-state index in [0.29, 0.717) is 4.90 Å². The number of sulfone groups is 1. The van der Waals surface area contributed by atoms with Gasteiger partial charge in [-0.1, -0.05) is 24.3 Å². The molecule has 0 radical (unpaired) electrons. The SMILES string of the molecule is C=CC(C)(C)S(=O)(=O)c1ccccc1. The quantitative estimate of drug-likeness (QED) is 0.718. The number of rotatable bonds is 3. The first-order valence-electron chi connectivity index (χ1n) is 4.35. The van der Waals surface area contributed by atoms with Crippen LogP contribution < -0.4 is 0 Å². The average molecular weight is 210 g/mol. The zero-order valence-electron chi connectivity index (χ0n) is 8.40. The van der Waals surface area contributed by atoms with Gasteiger partial charge in [0.2, 0.25) is 0 Å². The van der Waals surface area contributed by atoms with Crippen molar-refractivity contribution in [2.45, 2.75) is 23.5 Å². The third-order valence-electron chi connectivity index (χ3n) is 2.24. The van der Waals surface area contributed by atoms with Crippen LogP contribution in [0.25, 0.3) is 0 Å². The zero-order valence-corrected chi connectivity index (χ0v) is 9.21. The van der Waals surface area contributed by atoms with Crippen LogP contribution in [0.1, 0.15) is 13.8 Å². The Labute approximate surface area is 85.2 Å². The van der Waals surface area contributed by atoms with Gasteiger partial charge in [0.1, 0.15) is 0 Å². The predicted molar refractivity (Wildman–Crippen MR) is 57.9 cm³/mol. The molecule has 0 aromatic heterocycles. The van der Waals surface area contributed by atoms with Crippen LogP contribution in [-0.4, -0.2) is 13.2 Å². The Bertz CT molecular complexity index is 416. The molecule has 3 heteroatoms. The second-order valence-electron chi connectivity index (χ2n) is 3.62. The summed E-state index contributed by atoms with van der Waals surface area (Å²) in [5.74, 6) is 0. The predicted octanol–water partition coefficient (Wildman–Crippen LogP) is 2.42. The Balaban J connectivity index is 3.30. The molecule has 14 heavy (non-hydrogen) atoms. The summed E-state index contributed by atoms with van der Waals surface area (Å²) >= 11 is 0. The first-order chi connectivity index (χ1) is 6.42. The van der Waals surface area contributed by atoms with Crippen LogP contribution in [0.4, 0.5) is 0 Å². The van der Waals surface area contributed by atoms with E-state index in [0.717, 1.165) is 0 Å². The molecule has 0 aliphatic rings. The minimum Gasteiger partial charge on any atom is -0.223 e. The molecule has 0 bridgehead atoms. The average Bonchev–Trinajstić information content (AvgIpc) is 2.19. The Kier molecular flexibility index (Phi) is 2.81. The summed E-state index contributed by atoms with van der Waals surface area (Å²) in [7, 11) is -3.31. The normalized spacial score (nSPS) is 12.4. The lowest BCUT2D eigenvalue weighted by Gasteiger charge is -2.20. The smallest absolute Gasteiger partial charge is 0.187 e. The number of hydrogen-bond donors (Lipinski definition) is 0. The topological polar surface area (TPSA) is 34.1 Å². The third kappa shape index (κ3) is 1.73. The second kappa shape index (κ2) is 3.58. The van der Waals surface area contributed by atoms with Crippen molar-refractivity contribution in [1.82, 2.24) is 0 Å². The standard InChI is InChI=1S/C11H14O2S/c1-4-11(2,3)14(12,13)10-8-6-5-7-9-10/h4-9H,1H2,2-3H3. The fourth-order valence-corrected chi connectivity index (χ4v) is 2.36. The molecule has 0 spiro atoms. The van der Waals surface area contributed by atoms with Crippen molar-refractivity contribution in [2.75, 3.05) is 0 Å². The molecule has 0 saturated heterocycles. The van der Waals surface area contributed by atoms with Gasteiger partial charge in [-0.2, -0.15) is 0 Å². The summed E-state index contributed by atoms with van der Waals surface area (Å²) < 4.78 is 23.1. The highest BCUT2D eigenvalue weighted by Gasteiger charge is 2.32. The van der Waals surface area contributed by atoms with E-state index in [1.165, 1.54) is 6.08 Å². The molecule has 0 unspecified atom stereocenters. The summed E-state index contributed by atoms with van der Waals surface area (Å²) in [6.45, 7) is 6.83. The second-order valence-corrected chi connectivity index (χ2v) is 6.15. The van der Waals surface area contributed by atoms with Gasteiger partial charge in [-0.05, 0) is 26.0 Å². The van der Waals surface area contributed by atoms with Crippen molar-refractivity contribution in [2.24, 2.45) is 0 Å². The molecule has 0 heterocycles. The fraction of sp³-hybridized carbons (Fsp3) is 0.273. The highest BCUT2D eigenvalue weighted by Crippen LogP contribution is 2.25. The van der Waals surface area contributed by atoms with E-state index >= 15 is 0 Å². The highest BCUT2D eigenvalue weighted by atomic mass is 32.2. The van der Waals surface area contributed by atoms with Gasteiger partial charge in [0.15, 0.2) is 9.84 Å². The van der Waals surface area contributed by atoms with E-state index in [4.69, 9.17) is 0 Å². The van der Waals surface area contributed by atoms with Crippen molar-refractivity contribution in [3.05, 3.63) is 43.0 Å². The minimum absolute atomic E-state index is 0.338. The van der Waals surface area contributed by atoms with Gasteiger partial charge in [-0.25, -0.2) is 8.42 Å². The lowest BCUT2D eigenvalue weighted by molar-refractivity contribution is 0.572. The molecular formula is C11H14O2S. The van der Waals surface area contributed by atoms with Crippen LogP contribution in [0.15, 0.2) is 47.9 Å². The van der Waals surface area contributed by atoms with Crippen LogP contribution in [0.5, 0.6) is 0 Å². The Morgan fingerprint density at radius 3 is 2.14 bits per heavy atom. The maximum Gasteiger partial charge on any atom is 0.187 e. The van der Waals surface area contributed by atoms with E-state index in [9.17, 15) is 8.42 Å². The zero-order chi connectivity index (χ0) is 10.8. The van der Waals surface area contributed by atoms with Crippen LogP contribution >= 0.6 is 0 Å². The van der Waals surface area contributed by atoms with Crippen LogP contribution in [0.2, 0.25) is 0 Å². The van der Waals surface area contributed by atoms with Crippen molar-refractivity contribution < 1.29 is 8.42 Å². The van der Waals surface area contributed by atoms with Crippen LogP contribution in [0.3, 0.4) is 0 Å². The molecule has 0 aliphatic heterocycles. The molecule has 0 aliphatic carbocycles. The van der Waals surface area contributed by atoms with Crippen LogP contribution in [-0.2, 0) is 9.84 Å². The van der Waals surface area contributed by atoms with Gasteiger partial charge < -0.3 is 0 Å². The third-order valence-corrected chi connectivity index (χ3v) is 4.68. The monoisotopic (exact) mass is 210 g/mol. The molecule has 0 saturated carbocycles. The lowest BCUT2D eigenvalue weighted by Crippen LogP contribution is -2.29. The summed E-state index contributed by atoms with van der Waals surface area (Å²) in [5.41, 5.74) is 0. The summed E-state index contributed by atoms with van der Waals surface area (Å²) in [4.78, 5) is 0.338. The molecule has 0 N–H and O–H groups in total. The van der Waals surface area contributed by atoms with Crippen molar-refractivity contribution in [3.63, 3.8) is 0 Å². The van der Waals surface area contributed by atoms with Gasteiger partial charge in [0.25, 0.3) is 0 Å². The molecule has 1 aromatic carbocycles. The van der Waals surface area contributed by atoms with Crippen molar-refractivity contribution in [1.29, 1.82) is 0 Å². The molecule has 76 valence electrons. The highest BCUT2D eigenvalue weighted by molar-refractivity contribution is 7.93. The number of benzene rings is 1. The Hall–Kier alpha value is -1.09. The molecule has 1 aromatic rings. The van der Waals surface area contributed by atoms with E-state index in [-0.39, 0.29) is 0 Å². The maximum atomic E-state index is 12.0. The van der Waals surface area contributed by atoms with Crippen molar-refractivity contribution >= 4 is 9.84 Å². The van der Waals surface area contributed by atoms with Crippen LogP contribution in [0, 0.1) is 0 Å². The summed E-state index contributed by atoms with van der Waals surface area (Å²) in [6.07, 6.45) is 1.45. The molecule has 1 rings (SSSR count). The molecule has 2 nitrogen and oxygen atoms in total. The van der Waals surface area contributed by atoms with Gasteiger partial charge >= 0.3 is 0 Å². The van der Waals surface area contributed by atoms with E-state index < -0.39 is 14.6 Å². The fourth-order valence-electron chi connectivity index (χ4n) is 1.01. The molecule has 0 fully saturated rings.